The molecule has 0 fully saturated rings. The third kappa shape index (κ3) is 7.17. The van der Waals surface area contributed by atoms with E-state index in [9.17, 15) is 4.79 Å². The van der Waals surface area contributed by atoms with E-state index < -0.39 is 5.91 Å². The van der Waals surface area contributed by atoms with Gasteiger partial charge < -0.3 is 10.5 Å². The van der Waals surface area contributed by atoms with Crippen LogP contribution in [-0.2, 0) is 9.53 Å². The van der Waals surface area contributed by atoms with Crippen LogP contribution in [0.15, 0.2) is 12.7 Å². The van der Waals surface area contributed by atoms with Gasteiger partial charge in [0.2, 0.25) is 5.91 Å². The largest absolute Gasteiger partial charge is 0.371 e. The molecule has 0 heterocycles. The van der Waals surface area contributed by atoms with Crippen molar-refractivity contribution in [2.75, 3.05) is 13.2 Å². The second kappa shape index (κ2) is 5.31. The van der Waals surface area contributed by atoms with E-state index in [2.05, 4.69) is 6.58 Å². The molecule has 0 aliphatic heterocycles. The van der Waals surface area contributed by atoms with Gasteiger partial charge in [-0.15, -0.1) is 6.58 Å². The van der Waals surface area contributed by atoms with Crippen LogP contribution in [0.2, 0.25) is 0 Å². The van der Waals surface area contributed by atoms with Crippen molar-refractivity contribution < 1.29 is 9.53 Å². The normalized spacial score (nSPS) is 8.89. The summed E-state index contributed by atoms with van der Waals surface area (Å²) in [5.74, 6) is -0.431. The third-order valence-electron chi connectivity index (χ3n) is 0.711. The van der Waals surface area contributed by atoms with Crippen molar-refractivity contribution in [3.05, 3.63) is 12.7 Å². The molecule has 1 amide bonds. The van der Waals surface area contributed by atoms with E-state index in [1.165, 1.54) is 0 Å². The fourth-order valence-electron chi connectivity index (χ4n) is 0.339. The number of primary amides is 1. The molecule has 0 radical (unpaired) electrons. The van der Waals surface area contributed by atoms with Crippen molar-refractivity contribution in [3.8, 4) is 0 Å². The molecule has 0 aliphatic carbocycles. The summed E-state index contributed by atoms with van der Waals surface area (Å²) < 4.78 is 4.79. The van der Waals surface area contributed by atoms with Crippen LogP contribution in [0.5, 0.6) is 0 Å². The first-order valence-corrected chi connectivity index (χ1v) is 2.74. The molecule has 0 spiro atoms. The van der Waals surface area contributed by atoms with E-state index >= 15 is 0 Å². The number of hydrogen-bond acceptors (Lipinski definition) is 2. The maximum Gasteiger partial charge on any atom is 0.243 e. The van der Waals surface area contributed by atoms with Crippen molar-refractivity contribution in [2.24, 2.45) is 5.73 Å². The summed E-state index contributed by atoms with van der Waals surface area (Å²) >= 11 is 0. The van der Waals surface area contributed by atoms with E-state index in [-0.39, 0.29) is 6.61 Å². The SMILES string of the molecule is C=CCCOCC(N)=O. The number of carbonyl (C=O) groups excluding carboxylic acids is 1. The Morgan fingerprint density at radius 1 is 1.78 bits per heavy atom. The molecular weight excluding hydrogens is 118 g/mol. The summed E-state index contributed by atoms with van der Waals surface area (Å²) in [6, 6.07) is 0. The molecule has 0 aliphatic rings. The number of hydrogen-bond donors (Lipinski definition) is 1. The number of rotatable bonds is 5. The average Bonchev–Trinajstić information content (AvgIpc) is 1.80. The number of nitrogens with two attached hydrogens (primary N) is 1. The van der Waals surface area contributed by atoms with Crippen molar-refractivity contribution in [3.63, 3.8) is 0 Å². The topological polar surface area (TPSA) is 52.3 Å². The predicted octanol–water partition coefficient (Wildman–Crippen LogP) is 0.0644. The molecule has 0 saturated heterocycles. The molecule has 3 nitrogen and oxygen atoms in total. The van der Waals surface area contributed by atoms with Gasteiger partial charge in [-0.25, -0.2) is 0 Å². The first-order valence-electron chi connectivity index (χ1n) is 2.74. The number of ether oxygens (including phenoxy) is 1. The molecule has 0 aromatic heterocycles. The Hall–Kier alpha value is -0.830. The van der Waals surface area contributed by atoms with Crippen LogP contribution in [0, 0.1) is 0 Å². The minimum absolute atomic E-state index is 0.00778. The molecule has 3 heteroatoms. The highest BCUT2D eigenvalue weighted by molar-refractivity contribution is 5.74. The van der Waals surface area contributed by atoms with E-state index in [0.717, 1.165) is 6.42 Å². The second-order valence-electron chi connectivity index (χ2n) is 1.60. The molecule has 0 aromatic rings. The third-order valence-corrected chi connectivity index (χ3v) is 0.711. The zero-order valence-electron chi connectivity index (χ0n) is 5.30. The Labute approximate surface area is 54.5 Å². The van der Waals surface area contributed by atoms with Gasteiger partial charge in [0.25, 0.3) is 0 Å². The zero-order valence-corrected chi connectivity index (χ0v) is 5.30. The summed E-state index contributed by atoms with van der Waals surface area (Å²) in [7, 11) is 0. The van der Waals surface area contributed by atoms with Crippen LogP contribution >= 0.6 is 0 Å². The summed E-state index contributed by atoms with van der Waals surface area (Å²) in [6.07, 6.45) is 2.48. The van der Waals surface area contributed by atoms with E-state index in [1.54, 1.807) is 6.08 Å². The fourth-order valence-corrected chi connectivity index (χ4v) is 0.339. The fraction of sp³-hybridized carbons (Fsp3) is 0.500. The smallest absolute Gasteiger partial charge is 0.243 e. The highest BCUT2D eigenvalue weighted by Crippen LogP contribution is 1.80. The van der Waals surface area contributed by atoms with Crippen molar-refractivity contribution in [1.82, 2.24) is 0 Å². The zero-order chi connectivity index (χ0) is 7.11. The lowest BCUT2D eigenvalue weighted by Gasteiger charge is -1.95. The molecule has 9 heavy (non-hydrogen) atoms. The van der Waals surface area contributed by atoms with Crippen molar-refractivity contribution in [1.29, 1.82) is 0 Å². The second-order valence-corrected chi connectivity index (χ2v) is 1.60. The monoisotopic (exact) mass is 129 g/mol. The van der Waals surface area contributed by atoms with E-state index in [1.807, 2.05) is 0 Å². The molecular formula is C6H11NO2. The maximum absolute atomic E-state index is 10.0. The van der Waals surface area contributed by atoms with Gasteiger partial charge in [0.15, 0.2) is 0 Å². The first-order chi connectivity index (χ1) is 4.27. The van der Waals surface area contributed by atoms with Gasteiger partial charge in [-0.2, -0.15) is 0 Å². The van der Waals surface area contributed by atoms with Crippen LogP contribution in [0.25, 0.3) is 0 Å². The summed E-state index contributed by atoms with van der Waals surface area (Å²) in [5.41, 5.74) is 4.78. The van der Waals surface area contributed by atoms with E-state index in [0.29, 0.717) is 6.61 Å². The Kier molecular flexibility index (Phi) is 4.82. The molecule has 0 rings (SSSR count). The molecule has 0 unspecified atom stereocenters. The quantitative estimate of drug-likeness (QED) is 0.421. The molecule has 0 aromatic carbocycles. The minimum Gasteiger partial charge on any atom is -0.371 e. The van der Waals surface area contributed by atoms with Gasteiger partial charge in [0, 0.05) is 0 Å². The van der Waals surface area contributed by atoms with Gasteiger partial charge in [-0.1, -0.05) is 6.08 Å². The summed E-state index contributed by atoms with van der Waals surface area (Å²) in [6.45, 7) is 4.01. The van der Waals surface area contributed by atoms with Crippen LogP contribution in [0.1, 0.15) is 6.42 Å². The van der Waals surface area contributed by atoms with Crippen LogP contribution in [0.3, 0.4) is 0 Å². The Balaban J connectivity index is 2.91. The highest BCUT2D eigenvalue weighted by atomic mass is 16.5. The van der Waals surface area contributed by atoms with Gasteiger partial charge >= 0.3 is 0 Å². The molecule has 52 valence electrons. The molecule has 0 saturated carbocycles. The Morgan fingerprint density at radius 3 is 2.89 bits per heavy atom. The lowest BCUT2D eigenvalue weighted by molar-refractivity contribution is -0.122. The van der Waals surface area contributed by atoms with Crippen LogP contribution in [0.4, 0.5) is 0 Å². The van der Waals surface area contributed by atoms with Crippen molar-refractivity contribution >= 4 is 5.91 Å². The molecule has 2 N–H and O–H groups in total. The number of carbonyl (C=O) groups is 1. The minimum atomic E-state index is -0.431. The standard InChI is InChI=1S/C6H11NO2/c1-2-3-4-9-5-6(7)8/h2H,1,3-5H2,(H2,7,8). The van der Waals surface area contributed by atoms with E-state index in [4.69, 9.17) is 10.5 Å². The predicted molar refractivity (Wildman–Crippen MR) is 34.8 cm³/mol. The van der Waals surface area contributed by atoms with Gasteiger partial charge in [0.05, 0.1) is 6.61 Å². The van der Waals surface area contributed by atoms with Crippen LogP contribution < -0.4 is 5.73 Å². The lowest BCUT2D eigenvalue weighted by atomic mass is 10.4. The van der Waals surface area contributed by atoms with Gasteiger partial charge in [-0.3, -0.25) is 4.79 Å². The Bertz CT molecular complexity index is 101. The van der Waals surface area contributed by atoms with Gasteiger partial charge in [0.1, 0.15) is 6.61 Å². The van der Waals surface area contributed by atoms with Crippen LogP contribution in [-0.4, -0.2) is 19.1 Å². The number of amides is 1. The summed E-state index contributed by atoms with van der Waals surface area (Å²) in [5, 5.41) is 0. The summed E-state index contributed by atoms with van der Waals surface area (Å²) in [4.78, 5) is 10.0. The van der Waals surface area contributed by atoms with Gasteiger partial charge in [-0.05, 0) is 6.42 Å². The molecule has 0 atom stereocenters. The highest BCUT2D eigenvalue weighted by Gasteiger charge is 1.90. The van der Waals surface area contributed by atoms with Crippen molar-refractivity contribution in [2.45, 2.75) is 6.42 Å². The Morgan fingerprint density at radius 2 is 2.44 bits per heavy atom. The average molecular weight is 129 g/mol. The maximum atomic E-state index is 10.0. The lowest BCUT2D eigenvalue weighted by Crippen LogP contribution is -2.18. The molecule has 0 bridgehead atoms. The first kappa shape index (κ1) is 8.17.